The summed E-state index contributed by atoms with van der Waals surface area (Å²) in [6, 6.07) is 2.84. The maximum Gasteiger partial charge on any atom is 0.354 e. The highest BCUT2D eigenvalue weighted by Crippen LogP contribution is 2.15. The van der Waals surface area contributed by atoms with E-state index in [-0.39, 0.29) is 17.7 Å². The van der Waals surface area contributed by atoms with Crippen LogP contribution >= 0.6 is 0 Å². The number of aromatic nitrogens is 1. The first kappa shape index (κ1) is 14.5. The number of carboxylic acid groups (broad SMARTS) is 1. The number of likely N-dealkylation sites (N-methyl/N-ethyl adjacent to an activating group) is 1. The normalized spacial score (nSPS) is 17.9. The summed E-state index contributed by atoms with van der Waals surface area (Å²) in [5, 5.41) is 8.79. The van der Waals surface area contributed by atoms with Crippen molar-refractivity contribution in [1.82, 2.24) is 9.88 Å². The minimum atomic E-state index is -1.10. The van der Waals surface area contributed by atoms with Crippen LogP contribution in [0.15, 0.2) is 18.3 Å². The van der Waals surface area contributed by atoms with Gasteiger partial charge in [-0.1, -0.05) is 0 Å². The van der Waals surface area contributed by atoms with Gasteiger partial charge in [0.25, 0.3) is 5.91 Å². The molecule has 0 aromatic carbocycles. The maximum atomic E-state index is 12.3. The number of hydrogen-bond acceptors (Lipinski definition) is 4. The fourth-order valence-corrected chi connectivity index (χ4v) is 2.22. The topological polar surface area (TPSA) is 79.7 Å². The van der Waals surface area contributed by atoms with Gasteiger partial charge in [0, 0.05) is 25.9 Å². The van der Waals surface area contributed by atoms with Crippen molar-refractivity contribution < 1.29 is 19.4 Å². The molecule has 1 aliphatic heterocycles. The molecular formula is C14H18N2O4. The van der Waals surface area contributed by atoms with Crippen LogP contribution in [-0.2, 0) is 4.74 Å². The van der Waals surface area contributed by atoms with E-state index in [0.717, 1.165) is 19.4 Å². The number of nitrogens with zero attached hydrogens (tertiary/aromatic N) is 2. The lowest BCUT2D eigenvalue weighted by Gasteiger charge is -2.23. The van der Waals surface area contributed by atoms with Crippen molar-refractivity contribution in [2.45, 2.75) is 25.9 Å². The number of carbonyl (C=O) groups is 2. The molecule has 1 fully saturated rings. The van der Waals surface area contributed by atoms with Gasteiger partial charge in [-0.3, -0.25) is 4.79 Å². The van der Waals surface area contributed by atoms with Crippen LogP contribution in [-0.4, -0.2) is 52.7 Å². The summed E-state index contributed by atoms with van der Waals surface area (Å²) >= 11 is 0. The molecule has 20 heavy (non-hydrogen) atoms. The monoisotopic (exact) mass is 278 g/mol. The summed E-state index contributed by atoms with van der Waals surface area (Å²) in [4.78, 5) is 28.5. The Morgan fingerprint density at radius 2 is 2.30 bits per heavy atom. The molecule has 108 valence electrons. The molecule has 1 unspecified atom stereocenters. The van der Waals surface area contributed by atoms with Crippen LogP contribution in [0.25, 0.3) is 0 Å². The smallest absolute Gasteiger partial charge is 0.354 e. The summed E-state index contributed by atoms with van der Waals surface area (Å²) in [7, 11) is 0. The molecule has 6 nitrogen and oxygen atoms in total. The standard InChI is InChI=1S/C14H18N2O4/c1-2-16(9-11-4-3-7-20-11)13(17)10-5-6-12(14(18)19)15-8-10/h5-6,8,11H,2-4,7,9H2,1H3,(H,18,19). The van der Waals surface area contributed by atoms with Gasteiger partial charge >= 0.3 is 5.97 Å². The zero-order valence-electron chi connectivity index (χ0n) is 11.4. The summed E-state index contributed by atoms with van der Waals surface area (Å²) in [5.74, 6) is -1.25. The van der Waals surface area contributed by atoms with Crippen LogP contribution in [0.1, 0.15) is 40.6 Å². The van der Waals surface area contributed by atoms with Crippen molar-refractivity contribution in [2.24, 2.45) is 0 Å². The van der Waals surface area contributed by atoms with Crippen LogP contribution < -0.4 is 0 Å². The average Bonchev–Trinajstić information content (AvgIpc) is 2.97. The van der Waals surface area contributed by atoms with E-state index in [1.165, 1.54) is 18.3 Å². The summed E-state index contributed by atoms with van der Waals surface area (Å²) < 4.78 is 5.53. The van der Waals surface area contributed by atoms with Crippen molar-refractivity contribution in [2.75, 3.05) is 19.7 Å². The second-order valence-electron chi connectivity index (χ2n) is 4.72. The Balaban J connectivity index is 2.05. The van der Waals surface area contributed by atoms with Gasteiger partial charge < -0.3 is 14.7 Å². The van der Waals surface area contributed by atoms with Gasteiger partial charge in [-0.2, -0.15) is 0 Å². The molecule has 1 N–H and O–H groups in total. The Morgan fingerprint density at radius 3 is 2.80 bits per heavy atom. The predicted octanol–water partition coefficient (Wildman–Crippen LogP) is 1.42. The minimum Gasteiger partial charge on any atom is -0.477 e. The van der Waals surface area contributed by atoms with E-state index in [1.807, 2.05) is 6.92 Å². The number of amides is 1. The molecule has 2 rings (SSSR count). The number of carbonyl (C=O) groups excluding carboxylic acids is 1. The summed E-state index contributed by atoms with van der Waals surface area (Å²) in [6.07, 6.45) is 3.42. The van der Waals surface area contributed by atoms with E-state index in [2.05, 4.69) is 4.98 Å². The summed E-state index contributed by atoms with van der Waals surface area (Å²) in [6.45, 7) is 3.81. The van der Waals surface area contributed by atoms with Gasteiger partial charge in [0.1, 0.15) is 5.69 Å². The summed E-state index contributed by atoms with van der Waals surface area (Å²) in [5.41, 5.74) is 0.332. The Labute approximate surface area is 117 Å². The molecule has 2 heterocycles. The molecule has 1 aromatic rings. The first-order chi connectivity index (χ1) is 9.61. The lowest BCUT2D eigenvalue weighted by Crippen LogP contribution is -2.37. The number of pyridine rings is 1. The van der Waals surface area contributed by atoms with Gasteiger partial charge in [-0.15, -0.1) is 0 Å². The molecule has 0 aliphatic carbocycles. The second-order valence-corrected chi connectivity index (χ2v) is 4.72. The molecule has 0 spiro atoms. The quantitative estimate of drug-likeness (QED) is 0.881. The van der Waals surface area contributed by atoms with Crippen molar-refractivity contribution in [3.05, 3.63) is 29.6 Å². The minimum absolute atomic E-state index is 0.0660. The third-order valence-corrected chi connectivity index (χ3v) is 3.35. The van der Waals surface area contributed by atoms with Gasteiger partial charge in [0.05, 0.1) is 11.7 Å². The molecule has 1 atom stereocenters. The SMILES string of the molecule is CCN(CC1CCCO1)C(=O)c1ccc(C(=O)O)nc1. The fraction of sp³-hybridized carbons (Fsp3) is 0.500. The first-order valence-corrected chi connectivity index (χ1v) is 6.72. The number of carboxylic acids is 1. The Bertz CT molecular complexity index is 480. The molecule has 6 heteroatoms. The van der Waals surface area contributed by atoms with Crippen LogP contribution in [0.2, 0.25) is 0 Å². The first-order valence-electron chi connectivity index (χ1n) is 6.72. The van der Waals surface area contributed by atoms with E-state index in [1.54, 1.807) is 4.90 Å². The average molecular weight is 278 g/mol. The van der Waals surface area contributed by atoms with E-state index < -0.39 is 5.97 Å². The Kier molecular flexibility index (Phi) is 4.68. The molecule has 1 aromatic heterocycles. The third-order valence-electron chi connectivity index (χ3n) is 3.35. The van der Waals surface area contributed by atoms with Crippen molar-refractivity contribution >= 4 is 11.9 Å². The van der Waals surface area contributed by atoms with Gasteiger partial charge in [-0.25, -0.2) is 9.78 Å². The number of aromatic carboxylic acids is 1. The zero-order chi connectivity index (χ0) is 14.5. The maximum absolute atomic E-state index is 12.3. The molecular weight excluding hydrogens is 260 g/mol. The highest BCUT2D eigenvalue weighted by Gasteiger charge is 2.22. The fourth-order valence-electron chi connectivity index (χ4n) is 2.22. The number of rotatable bonds is 5. The molecule has 0 saturated carbocycles. The largest absolute Gasteiger partial charge is 0.477 e. The zero-order valence-corrected chi connectivity index (χ0v) is 11.4. The van der Waals surface area contributed by atoms with Gasteiger partial charge in [-0.05, 0) is 31.9 Å². The lowest BCUT2D eigenvalue weighted by atomic mass is 10.2. The van der Waals surface area contributed by atoms with E-state index in [0.29, 0.717) is 18.7 Å². The number of hydrogen-bond donors (Lipinski definition) is 1. The Morgan fingerprint density at radius 1 is 1.50 bits per heavy atom. The third kappa shape index (κ3) is 3.33. The molecule has 1 aliphatic rings. The molecule has 1 saturated heterocycles. The van der Waals surface area contributed by atoms with Gasteiger partial charge in [0.15, 0.2) is 0 Å². The number of ether oxygens (including phenoxy) is 1. The van der Waals surface area contributed by atoms with E-state index in [4.69, 9.17) is 9.84 Å². The van der Waals surface area contributed by atoms with Gasteiger partial charge in [0.2, 0.25) is 0 Å². The highest BCUT2D eigenvalue weighted by molar-refractivity contribution is 5.94. The molecule has 0 bridgehead atoms. The lowest BCUT2D eigenvalue weighted by molar-refractivity contribution is 0.0538. The van der Waals surface area contributed by atoms with Crippen LogP contribution in [0.3, 0.4) is 0 Å². The van der Waals surface area contributed by atoms with Crippen molar-refractivity contribution in [1.29, 1.82) is 0 Å². The second kappa shape index (κ2) is 6.47. The van der Waals surface area contributed by atoms with E-state index >= 15 is 0 Å². The van der Waals surface area contributed by atoms with Crippen molar-refractivity contribution in [3.63, 3.8) is 0 Å². The van der Waals surface area contributed by atoms with Crippen LogP contribution in [0.4, 0.5) is 0 Å². The Hall–Kier alpha value is -1.95. The highest BCUT2D eigenvalue weighted by atomic mass is 16.5. The molecule has 0 radical (unpaired) electrons. The van der Waals surface area contributed by atoms with Crippen molar-refractivity contribution in [3.8, 4) is 0 Å². The molecule has 1 amide bonds. The van der Waals surface area contributed by atoms with E-state index in [9.17, 15) is 9.59 Å². The predicted molar refractivity (Wildman–Crippen MR) is 71.7 cm³/mol. The van der Waals surface area contributed by atoms with Crippen LogP contribution in [0, 0.1) is 0 Å². The van der Waals surface area contributed by atoms with Crippen LogP contribution in [0.5, 0.6) is 0 Å².